The number of imidazole rings is 1. The Kier molecular flexibility index (Phi) is 5.19. The molecule has 1 aromatic carbocycles. The largest absolute Gasteiger partial charge is 0.378 e. The Bertz CT molecular complexity index is 702. The first kappa shape index (κ1) is 17.0. The first-order chi connectivity index (χ1) is 11.6. The summed E-state index contributed by atoms with van der Waals surface area (Å²) in [6.07, 6.45) is 3.76. The summed E-state index contributed by atoms with van der Waals surface area (Å²) in [5.74, 6) is 0.983. The maximum atomic E-state index is 12.3. The van der Waals surface area contributed by atoms with Crippen molar-refractivity contribution in [3.8, 4) is 0 Å². The Morgan fingerprint density at radius 2 is 2.17 bits per heavy atom. The topological polar surface area (TPSA) is 56.2 Å². The predicted molar refractivity (Wildman–Crippen MR) is 94.9 cm³/mol. The molecule has 1 aromatic heterocycles. The van der Waals surface area contributed by atoms with Crippen LogP contribution in [0.3, 0.4) is 0 Å². The van der Waals surface area contributed by atoms with Gasteiger partial charge in [0.05, 0.1) is 23.2 Å². The van der Waals surface area contributed by atoms with Gasteiger partial charge in [0.15, 0.2) is 0 Å². The average molecular weight is 329 g/mol. The van der Waals surface area contributed by atoms with Crippen molar-refractivity contribution in [3.63, 3.8) is 0 Å². The lowest BCUT2D eigenvalue weighted by Gasteiger charge is -2.19. The molecule has 1 N–H and O–H groups in total. The third kappa shape index (κ3) is 3.61. The predicted octanol–water partition coefficient (Wildman–Crippen LogP) is 3.75. The van der Waals surface area contributed by atoms with E-state index in [0.717, 1.165) is 42.7 Å². The number of carbonyl (C=O) groups excluding carboxylic acids is 1. The van der Waals surface area contributed by atoms with Crippen molar-refractivity contribution in [2.24, 2.45) is 0 Å². The normalized spacial score (nSPS) is 19.1. The van der Waals surface area contributed by atoms with Gasteiger partial charge in [-0.1, -0.05) is 12.1 Å². The van der Waals surface area contributed by atoms with Gasteiger partial charge in [-0.05, 0) is 52.2 Å². The molecule has 2 heterocycles. The molecule has 0 saturated carbocycles. The summed E-state index contributed by atoms with van der Waals surface area (Å²) >= 11 is 0. The van der Waals surface area contributed by atoms with Crippen LogP contribution < -0.4 is 5.32 Å². The van der Waals surface area contributed by atoms with Crippen LogP contribution in [0.4, 0.5) is 0 Å². The summed E-state index contributed by atoms with van der Waals surface area (Å²) in [5, 5.41) is 3.10. The number of ether oxygens (including phenoxy) is 1. The average Bonchev–Trinajstić information content (AvgIpc) is 3.20. The molecule has 1 amide bonds. The summed E-state index contributed by atoms with van der Waals surface area (Å²) in [6.45, 7) is 7.12. The molecule has 5 heteroatoms. The van der Waals surface area contributed by atoms with E-state index < -0.39 is 0 Å². The molecule has 0 radical (unpaired) electrons. The number of amides is 1. The standard InChI is InChI=1S/C19H27N3O2/c1-13(2)22-17-9-5-4-8-16(17)21-19(22)14(3)20-18(23)11-10-15-7-6-12-24-15/h4-5,8-9,13-15H,6-7,10-12H2,1-3H3,(H,20,23)/t14-,15-/m1/s1. The highest BCUT2D eigenvalue weighted by atomic mass is 16.5. The maximum Gasteiger partial charge on any atom is 0.220 e. The lowest BCUT2D eigenvalue weighted by molar-refractivity contribution is -0.122. The Labute approximate surface area is 143 Å². The van der Waals surface area contributed by atoms with Crippen LogP contribution in [-0.4, -0.2) is 28.2 Å². The lowest BCUT2D eigenvalue weighted by atomic mass is 10.1. The highest BCUT2D eigenvalue weighted by Gasteiger charge is 2.21. The fraction of sp³-hybridized carbons (Fsp3) is 0.579. The second kappa shape index (κ2) is 7.34. The summed E-state index contributed by atoms with van der Waals surface area (Å²) < 4.78 is 7.80. The molecule has 0 bridgehead atoms. The van der Waals surface area contributed by atoms with Gasteiger partial charge in [-0.15, -0.1) is 0 Å². The molecule has 0 spiro atoms. The minimum absolute atomic E-state index is 0.0698. The van der Waals surface area contributed by atoms with E-state index in [0.29, 0.717) is 12.5 Å². The van der Waals surface area contributed by atoms with E-state index in [-0.39, 0.29) is 18.1 Å². The van der Waals surface area contributed by atoms with Gasteiger partial charge in [-0.3, -0.25) is 4.79 Å². The van der Waals surface area contributed by atoms with Crippen molar-refractivity contribution in [3.05, 3.63) is 30.1 Å². The summed E-state index contributed by atoms with van der Waals surface area (Å²) in [6, 6.07) is 8.30. The Hall–Kier alpha value is -1.88. The summed E-state index contributed by atoms with van der Waals surface area (Å²) in [7, 11) is 0. The molecule has 1 aliphatic heterocycles. The van der Waals surface area contributed by atoms with Gasteiger partial charge in [-0.25, -0.2) is 4.98 Å². The van der Waals surface area contributed by atoms with E-state index in [9.17, 15) is 4.79 Å². The van der Waals surface area contributed by atoms with Crippen LogP contribution in [0.5, 0.6) is 0 Å². The van der Waals surface area contributed by atoms with Crippen LogP contribution in [0.25, 0.3) is 11.0 Å². The smallest absolute Gasteiger partial charge is 0.220 e. The van der Waals surface area contributed by atoms with E-state index in [1.165, 1.54) is 0 Å². The number of nitrogens with one attached hydrogen (secondary N) is 1. The van der Waals surface area contributed by atoms with E-state index in [1.807, 2.05) is 25.1 Å². The quantitative estimate of drug-likeness (QED) is 0.878. The van der Waals surface area contributed by atoms with Crippen molar-refractivity contribution in [1.82, 2.24) is 14.9 Å². The van der Waals surface area contributed by atoms with Gasteiger partial charge in [0.1, 0.15) is 5.82 Å². The highest BCUT2D eigenvalue weighted by molar-refractivity contribution is 5.78. The van der Waals surface area contributed by atoms with Crippen LogP contribution in [0.2, 0.25) is 0 Å². The van der Waals surface area contributed by atoms with E-state index in [4.69, 9.17) is 9.72 Å². The number of fused-ring (bicyclic) bond motifs is 1. The van der Waals surface area contributed by atoms with Crippen LogP contribution in [0, 0.1) is 0 Å². The number of hydrogen-bond acceptors (Lipinski definition) is 3. The zero-order valence-electron chi connectivity index (χ0n) is 14.8. The summed E-state index contributed by atoms with van der Waals surface area (Å²) in [5.41, 5.74) is 2.09. The summed E-state index contributed by atoms with van der Waals surface area (Å²) in [4.78, 5) is 17.0. The van der Waals surface area contributed by atoms with Crippen molar-refractivity contribution in [2.75, 3.05) is 6.61 Å². The van der Waals surface area contributed by atoms with Crippen molar-refractivity contribution in [1.29, 1.82) is 0 Å². The molecule has 1 aliphatic rings. The first-order valence-electron chi connectivity index (χ1n) is 8.94. The maximum absolute atomic E-state index is 12.3. The minimum atomic E-state index is -0.114. The van der Waals surface area contributed by atoms with Crippen molar-refractivity contribution in [2.45, 2.75) is 64.6 Å². The van der Waals surface area contributed by atoms with Crippen LogP contribution in [-0.2, 0) is 9.53 Å². The Morgan fingerprint density at radius 1 is 1.38 bits per heavy atom. The van der Waals surface area contributed by atoms with Gasteiger partial charge >= 0.3 is 0 Å². The molecule has 3 rings (SSSR count). The van der Waals surface area contributed by atoms with Gasteiger partial charge in [0, 0.05) is 19.1 Å². The number of hydrogen-bond donors (Lipinski definition) is 1. The molecular weight excluding hydrogens is 302 g/mol. The molecule has 130 valence electrons. The molecule has 0 unspecified atom stereocenters. The number of benzene rings is 1. The minimum Gasteiger partial charge on any atom is -0.378 e. The second-order valence-electron chi connectivity index (χ2n) is 6.89. The monoisotopic (exact) mass is 329 g/mol. The number of para-hydroxylation sites is 2. The SMILES string of the molecule is CC(C)n1c([C@@H](C)NC(=O)CC[C@H]2CCCO2)nc2ccccc21. The molecule has 1 fully saturated rings. The van der Waals surface area contributed by atoms with Gasteiger partial charge in [-0.2, -0.15) is 0 Å². The van der Waals surface area contributed by atoms with Gasteiger partial charge < -0.3 is 14.6 Å². The number of rotatable bonds is 6. The van der Waals surface area contributed by atoms with Gasteiger partial charge in [0.2, 0.25) is 5.91 Å². The number of carbonyl (C=O) groups is 1. The molecule has 2 atom stereocenters. The third-order valence-electron chi connectivity index (χ3n) is 4.62. The van der Waals surface area contributed by atoms with Crippen molar-refractivity contribution < 1.29 is 9.53 Å². The molecule has 0 aliphatic carbocycles. The number of nitrogens with zero attached hydrogens (tertiary/aromatic N) is 2. The van der Waals surface area contributed by atoms with Crippen molar-refractivity contribution >= 4 is 16.9 Å². The Morgan fingerprint density at radius 3 is 2.88 bits per heavy atom. The fourth-order valence-electron chi connectivity index (χ4n) is 3.45. The molecule has 5 nitrogen and oxygen atoms in total. The third-order valence-corrected chi connectivity index (χ3v) is 4.62. The van der Waals surface area contributed by atoms with E-state index >= 15 is 0 Å². The Balaban J connectivity index is 1.69. The van der Waals surface area contributed by atoms with Crippen LogP contribution >= 0.6 is 0 Å². The molecular formula is C19H27N3O2. The lowest BCUT2D eigenvalue weighted by Crippen LogP contribution is -2.29. The van der Waals surface area contributed by atoms with E-state index in [1.54, 1.807) is 0 Å². The second-order valence-corrected chi connectivity index (χ2v) is 6.89. The number of aromatic nitrogens is 2. The van der Waals surface area contributed by atoms with E-state index in [2.05, 4.69) is 29.8 Å². The molecule has 2 aromatic rings. The highest BCUT2D eigenvalue weighted by Crippen LogP contribution is 2.25. The first-order valence-corrected chi connectivity index (χ1v) is 8.94. The zero-order valence-corrected chi connectivity index (χ0v) is 14.8. The van der Waals surface area contributed by atoms with Crippen LogP contribution in [0.1, 0.15) is 64.4 Å². The molecule has 24 heavy (non-hydrogen) atoms. The van der Waals surface area contributed by atoms with Gasteiger partial charge in [0.25, 0.3) is 0 Å². The fourth-order valence-corrected chi connectivity index (χ4v) is 3.45. The molecule has 1 saturated heterocycles. The zero-order chi connectivity index (χ0) is 17.1. The van der Waals surface area contributed by atoms with Crippen LogP contribution in [0.15, 0.2) is 24.3 Å².